The van der Waals surface area contributed by atoms with Gasteiger partial charge in [0.1, 0.15) is 5.75 Å². The lowest BCUT2D eigenvalue weighted by atomic mass is 10.1. The van der Waals surface area contributed by atoms with Crippen LogP contribution < -0.4 is 9.64 Å². The molecule has 28 heavy (non-hydrogen) atoms. The molecule has 2 atom stereocenters. The number of hydrogen-bond donors (Lipinski definition) is 0. The van der Waals surface area contributed by atoms with Gasteiger partial charge >= 0.3 is 0 Å². The maximum Gasteiger partial charge on any atom is 0.265 e. The lowest BCUT2D eigenvalue weighted by molar-refractivity contribution is -0.140. The van der Waals surface area contributed by atoms with E-state index in [9.17, 15) is 9.59 Å². The second-order valence-corrected chi connectivity index (χ2v) is 7.86. The maximum atomic E-state index is 13.0. The Balaban J connectivity index is 1.49. The number of piperidine rings is 1. The van der Waals surface area contributed by atoms with E-state index in [0.29, 0.717) is 32.0 Å². The van der Waals surface area contributed by atoms with Crippen molar-refractivity contribution < 1.29 is 19.1 Å². The van der Waals surface area contributed by atoms with Gasteiger partial charge in [-0.15, -0.1) is 0 Å². The molecule has 0 spiro atoms. The molecule has 0 unspecified atom stereocenters. The van der Waals surface area contributed by atoms with Crippen LogP contribution in [0.1, 0.15) is 26.2 Å². The van der Waals surface area contributed by atoms with Crippen molar-refractivity contribution in [1.29, 1.82) is 0 Å². The van der Waals surface area contributed by atoms with Gasteiger partial charge in [-0.3, -0.25) is 9.59 Å². The third kappa shape index (κ3) is 4.09. The van der Waals surface area contributed by atoms with Crippen LogP contribution in [0.4, 0.5) is 5.69 Å². The van der Waals surface area contributed by atoms with Gasteiger partial charge in [0, 0.05) is 26.2 Å². The third-order valence-corrected chi connectivity index (χ3v) is 5.72. The van der Waals surface area contributed by atoms with Crippen molar-refractivity contribution in [2.24, 2.45) is 0 Å². The van der Waals surface area contributed by atoms with Crippen LogP contribution in [0.15, 0.2) is 24.3 Å². The number of likely N-dealkylation sites (tertiary alicyclic amines) is 1. The van der Waals surface area contributed by atoms with Crippen LogP contribution in [-0.2, 0) is 14.3 Å². The summed E-state index contributed by atoms with van der Waals surface area (Å²) in [5.74, 6) is 0.773. The number of hydrogen-bond acceptors (Lipinski definition) is 5. The predicted molar refractivity (Wildman–Crippen MR) is 105 cm³/mol. The van der Waals surface area contributed by atoms with Crippen LogP contribution in [-0.4, -0.2) is 79.7 Å². The molecule has 0 radical (unpaired) electrons. The summed E-state index contributed by atoms with van der Waals surface area (Å²) in [5, 5.41) is 0. The first-order valence-corrected chi connectivity index (χ1v) is 10.3. The van der Waals surface area contributed by atoms with Gasteiger partial charge in [-0.25, -0.2) is 0 Å². The number of anilines is 1. The van der Waals surface area contributed by atoms with Crippen LogP contribution in [0, 0.1) is 0 Å². The van der Waals surface area contributed by atoms with Gasteiger partial charge in [0.15, 0.2) is 6.10 Å². The highest BCUT2D eigenvalue weighted by Crippen LogP contribution is 2.33. The van der Waals surface area contributed by atoms with E-state index in [-0.39, 0.29) is 24.5 Å². The lowest BCUT2D eigenvalue weighted by Gasteiger charge is -2.39. The molecule has 1 aromatic rings. The number of fused-ring (bicyclic) bond motifs is 1. The summed E-state index contributed by atoms with van der Waals surface area (Å²) >= 11 is 0. The molecule has 4 rings (SSSR count). The lowest BCUT2D eigenvalue weighted by Crippen LogP contribution is -2.54. The van der Waals surface area contributed by atoms with E-state index in [0.717, 1.165) is 31.6 Å². The Bertz CT molecular complexity index is 719. The van der Waals surface area contributed by atoms with E-state index < -0.39 is 6.10 Å². The summed E-state index contributed by atoms with van der Waals surface area (Å²) < 4.78 is 11.6. The minimum absolute atomic E-state index is 0.0339. The fourth-order valence-electron chi connectivity index (χ4n) is 4.21. The van der Waals surface area contributed by atoms with Crippen LogP contribution in [0.5, 0.6) is 5.75 Å². The predicted octanol–water partition coefficient (Wildman–Crippen LogP) is 1.51. The van der Waals surface area contributed by atoms with E-state index in [1.165, 1.54) is 6.42 Å². The molecular weight excluding hydrogens is 358 g/mol. The number of amides is 2. The molecule has 152 valence electrons. The van der Waals surface area contributed by atoms with E-state index in [1.807, 2.05) is 45.9 Å². The Kier molecular flexibility index (Phi) is 5.71. The zero-order valence-corrected chi connectivity index (χ0v) is 16.5. The smallest absolute Gasteiger partial charge is 0.265 e. The number of benzene rings is 1. The Labute approximate surface area is 166 Å². The van der Waals surface area contributed by atoms with E-state index >= 15 is 0 Å². The van der Waals surface area contributed by atoms with Crippen molar-refractivity contribution in [2.45, 2.75) is 38.4 Å². The summed E-state index contributed by atoms with van der Waals surface area (Å²) in [4.78, 5) is 31.7. The maximum absolute atomic E-state index is 13.0. The molecule has 1 aromatic carbocycles. The van der Waals surface area contributed by atoms with Crippen molar-refractivity contribution in [3.8, 4) is 5.75 Å². The minimum Gasteiger partial charge on any atom is -0.477 e. The first-order chi connectivity index (χ1) is 13.6. The Morgan fingerprint density at radius 1 is 1.04 bits per heavy atom. The Hall–Kier alpha value is -2.28. The molecular formula is C21H29N3O4. The second kappa shape index (κ2) is 8.39. The highest BCUT2D eigenvalue weighted by molar-refractivity contribution is 5.86. The van der Waals surface area contributed by atoms with Crippen molar-refractivity contribution in [1.82, 2.24) is 9.80 Å². The molecule has 0 aromatic heterocycles. The first kappa shape index (κ1) is 19.1. The van der Waals surface area contributed by atoms with Crippen molar-refractivity contribution in [3.05, 3.63) is 24.3 Å². The number of morpholine rings is 1. The van der Waals surface area contributed by atoms with Crippen molar-refractivity contribution in [3.63, 3.8) is 0 Å². The molecule has 0 bridgehead atoms. The fraction of sp³-hybridized carbons (Fsp3) is 0.619. The van der Waals surface area contributed by atoms with Crippen LogP contribution >= 0.6 is 0 Å². The number of carbonyl (C=O) groups is 2. The fourth-order valence-corrected chi connectivity index (χ4v) is 4.21. The Morgan fingerprint density at radius 2 is 1.82 bits per heavy atom. The number of ether oxygens (including phenoxy) is 2. The summed E-state index contributed by atoms with van der Waals surface area (Å²) in [6.45, 7) is 6.02. The van der Waals surface area contributed by atoms with Crippen LogP contribution in [0.25, 0.3) is 0 Å². The number of rotatable bonds is 3. The standard InChI is InChI=1S/C21H29N3O4/c1-16-13-23(11-12-27-16)20(25)15-24-14-19(21(26)22-9-5-2-6-10-22)28-18-8-4-3-7-17(18)24/h3-4,7-8,16,19H,2,5-6,9-15H2,1H3/t16-,19-/m0/s1. The molecule has 0 saturated carbocycles. The van der Waals surface area contributed by atoms with E-state index in [4.69, 9.17) is 9.47 Å². The second-order valence-electron chi connectivity index (χ2n) is 7.86. The number of para-hydroxylation sites is 2. The van der Waals surface area contributed by atoms with Gasteiger partial charge in [-0.05, 0) is 38.3 Å². The van der Waals surface area contributed by atoms with E-state index in [1.54, 1.807) is 0 Å². The van der Waals surface area contributed by atoms with Gasteiger partial charge in [0.2, 0.25) is 5.91 Å². The van der Waals surface area contributed by atoms with E-state index in [2.05, 4.69) is 0 Å². The molecule has 2 amide bonds. The monoisotopic (exact) mass is 387 g/mol. The summed E-state index contributed by atoms with van der Waals surface area (Å²) in [5.41, 5.74) is 0.875. The quantitative estimate of drug-likeness (QED) is 0.787. The zero-order chi connectivity index (χ0) is 19.5. The van der Waals surface area contributed by atoms with Gasteiger partial charge in [0.05, 0.1) is 31.5 Å². The molecule has 2 fully saturated rings. The highest BCUT2D eigenvalue weighted by atomic mass is 16.5. The molecule has 2 saturated heterocycles. The molecule has 0 aliphatic carbocycles. The van der Waals surface area contributed by atoms with Crippen LogP contribution in [0.3, 0.4) is 0 Å². The summed E-state index contributed by atoms with van der Waals surface area (Å²) in [6, 6.07) is 7.66. The van der Waals surface area contributed by atoms with Gasteiger partial charge < -0.3 is 24.2 Å². The average molecular weight is 387 g/mol. The number of nitrogens with zero attached hydrogens (tertiary/aromatic N) is 3. The average Bonchev–Trinajstić information content (AvgIpc) is 2.73. The molecule has 7 nitrogen and oxygen atoms in total. The molecule has 7 heteroatoms. The summed E-state index contributed by atoms with van der Waals surface area (Å²) in [7, 11) is 0. The third-order valence-electron chi connectivity index (χ3n) is 5.72. The zero-order valence-electron chi connectivity index (χ0n) is 16.5. The SMILES string of the molecule is C[C@H]1CN(C(=O)CN2C[C@@H](C(=O)N3CCCCC3)Oc3ccccc32)CCO1. The van der Waals surface area contributed by atoms with Crippen LogP contribution in [0.2, 0.25) is 0 Å². The topological polar surface area (TPSA) is 62.3 Å². The van der Waals surface area contributed by atoms with Gasteiger partial charge in [-0.2, -0.15) is 0 Å². The molecule has 3 heterocycles. The Morgan fingerprint density at radius 3 is 2.61 bits per heavy atom. The first-order valence-electron chi connectivity index (χ1n) is 10.3. The van der Waals surface area contributed by atoms with Crippen molar-refractivity contribution >= 4 is 17.5 Å². The van der Waals surface area contributed by atoms with Gasteiger partial charge in [0.25, 0.3) is 5.91 Å². The number of carbonyl (C=O) groups excluding carboxylic acids is 2. The highest BCUT2D eigenvalue weighted by Gasteiger charge is 2.35. The van der Waals surface area contributed by atoms with Gasteiger partial charge in [-0.1, -0.05) is 12.1 Å². The van der Waals surface area contributed by atoms with Crippen molar-refractivity contribution in [2.75, 3.05) is 50.8 Å². The molecule has 0 N–H and O–H groups in total. The molecule has 3 aliphatic heterocycles. The minimum atomic E-state index is -0.565. The summed E-state index contributed by atoms with van der Waals surface area (Å²) in [6.07, 6.45) is 2.77. The normalized spacial score (nSPS) is 25.1. The largest absolute Gasteiger partial charge is 0.477 e. The molecule has 3 aliphatic rings.